The van der Waals surface area contributed by atoms with Gasteiger partial charge in [-0.15, -0.1) is 0 Å². The van der Waals surface area contributed by atoms with Crippen molar-refractivity contribution in [2.75, 3.05) is 18.6 Å². The fourth-order valence-electron chi connectivity index (χ4n) is 3.21. The number of carbonyl (C=O) groups is 2. The van der Waals surface area contributed by atoms with Crippen LogP contribution in [0.4, 0.5) is 5.69 Å². The van der Waals surface area contributed by atoms with E-state index in [0.717, 1.165) is 11.4 Å². The Kier molecular flexibility index (Phi) is 5.38. The summed E-state index contributed by atoms with van der Waals surface area (Å²) in [7, 11) is 3.40. The van der Waals surface area contributed by atoms with Gasteiger partial charge in [-0.05, 0) is 30.3 Å². The zero-order valence-electron chi connectivity index (χ0n) is 16.7. The van der Waals surface area contributed by atoms with Crippen LogP contribution in [0.15, 0.2) is 60.7 Å². The maximum Gasteiger partial charge on any atom is 0.272 e. The molecule has 154 valence electrons. The first-order valence-corrected chi connectivity index (χ1v) is 9.54. The fourth-order valence-corrected chi connectivity index (χ4v) is 3.21. The Morgan fingerprint density at radius 3 is 2.70 bits per heavy atom. The van der Waals surface area contributed by atoms with Crippen LogP contribution in [-0.4, -0.2) is 41.3 Å². The summed E-state index contributed by atoms with van der Waals surface area (Å²) in [5.74, 6) is 0.631. The maximum absolute atomic E-state index is 12.8. The SMILES string of the molecule is CN1C(=O)[C@@H](NC(=O)c2cc(COc3ccccc3)n(C)n2)COc2ccccc21. The molecule has 1 aromatic heterocycles. The van der Waals surface area contributed by atoms with Crippen LogP contribution >= 0.6 is 0 Å². The number of ether oxygens (including phenoxy) is 2. The maximum atomic E-state index is 12.8. The molecule has 2 amide bonds. The third-order valence-corrected chi connectivity index (χ3v) is 4.91. The van der Waals surface area contributed by atoms with Crippen molar-refractivity contribution >= 4 is 17.5 Å². The predicted molar refractivity (Wildman–Crippen MR) is 111 cm³/mol. The number of para-hydroxylation sites is 3. The lowest BCUT2D eigenvalue weighted by Gasteiger charge is -2.20. The largest absolute Gasteiger partial charge is 0.489 e. The molecule has 8 heteroatoms. The lowest BCUT2D eigenvalue weighted by Crippen LogP contribution is -2.49. The average molecular weight is 406 g/mol. The second-order valence-electron chi connectivity index (χ2n) is 6.95. The molecular weight excluding hydrogens is 384 g/mol. The molecule has 30 heavy (non-hydrogen) atoms. The second kappa shape index (κ2) is 8.28. The van der Waals surface area contributed by atoms with Gasteiger partial charge in [0, 0.05) is 14.1 Å². The van der Waals surface area contributed by atoms with Crippen molar-refractivity contribution in [3.8, 4) is 11.5 Å². The molecule has 8 nitrogen and oxygen atoms in total. The molecule has 4 rings (SSSR count). The summed E-state index contributed by atoms with van der Waals surface area (Å²) >= 11 is 0. The zero-order valence-corrected chi connectivity index (χ0v) is 16.7. The van der Waals surface area contributed by atoms with E-state index in [4.69, 9.17) is 9.47 Å². The van der Waals surface area contributed by atoms with Gasteiger partial charge in [-0.1, -0.05) is 30.3 Å². The Hall–Kier alpha value is -3.81. The first-order valence-electron chi connectivity index (χ1n) is 9.54. The molecule has 0 unspecified atom stereocenters. The summed E-state index contributed by atoms with van der Waals surface area (Å²) in [6, 6.07) is 17.5. The molecule has 1 aliphatic rings. The summed E-state index contributed by atoms with van der Waals surface area (Å²) in [5, 5.41) is 6.99. The van der Waals surface area contributed by atoms with E-state index in [2.05, 4.69) is 10.4 Å². The lowest BCUT2D eigenvalue weighted by atomic mass is 10.2. The van der Waals surface area contributed by atoms with E-state index in [9.17, 15) is 9.59 Å². The summed E-state index contributed by atoms with van der Waals surface area (Å²) in [4.78, 5) is 27.0. The number of benzene rings is 2. The van der Waals surface area contributed by atoms with E-state index < -0.39 is 11.9 Å². The molecule has 0 fully saturated rings. The molecule has 0 saturated carbocycles. The smallest absolute Gasteiger partial charge is 0.272 e. The number of nitrogens with zero attached hydrogens (tertiary/aromatic N) is 3. The van der Waals surface area contributed by atoms with E-state index in [0.29, 0.717) is 11.4 Å². The summed E-state index contributed by atoms with van der Waals surface area (Å²) in [5.41, 5.74) is 1.61. The molecule has 3 aromatic rings. The Morgan fingerprint density at radius 1 is 1.17 bits per heavy atom. The number of anilines is 1. The van der Waals surface area contributed by atoms with Gasteiger partial charge in [0.2, 0.25) is 0 Å². The van der Waals surface area contributed by atoms with Gasteiger partial charge in [0.1, 0.15) is 30.8 Å². The zero-order chi connectivity index (χ0) is 21.1. The van der Waals surface area contributed by atoms with Gasteiger partial charge in [0.05, 0.1) is 11.4 Å². The lowest BCUT2D eigenvalue weighted by molar-refractivity contribution is -0.120. The number of aromatic nitrogens is 2. The molecule has 0 aliphatic carbocycles. The number of aryl methyl sites for hydroxylation is 1. The first-order chi connectivity index (χ1) is 14.5. The van der Waals surface area contributed by atoms with E-state index in [1.54, 1.807) is 37.0 Å². The van der Waals surface area contributed by atoms with Gasteiger partial charge in [0.15, 0.2) is 5.69 Å². The van der Waals surface area contributed by atoms with Gasteiger partial charge in [-0.2, -0.15) is 5.10 Å². The Bertz CT molecular complexity index is 1060. The van der Waals surface area contributed by atoms with Gasteiger partial charge >= 0.3 is 0 Å². The number of amides is 2. The molecule has 0 radical (unpaired) electrons. The third-order valence-electron chi connectivity index (χ3n) is 4.91. The van der Waals surface area contributed by atoms with Crippen LogP contribution in [0.1, 0.15) is 16.2 Å². The van der Waals surface area contributed by atoms with Crippen molar-refractivity contribution < 1.29 is 19.1 Å². The number of rotatable bonds is 5. The van der Waals surface area contributed by atoms with Crippen LogP contribution in [0.25, 0.3) is 0 Å². The number of likely N-dealkylation sites (N-methyl/N-ethyl adjacent to an activating group) is 1. The quantitative estimate of drug-likeness (QED) is 0.702. The molecule has 1 aliphatic heterocycles. The highest BCUT2D eigenvalue weighted by atomic mass is 16.5. The van der Waals surface area contributed by atoms with Crippen LogP contribution in [-0.2, 0) is 18.4 Å². The third kappa shape index (κ3) is 3.98. The highest BCUT2D eigenvalue weighted by Crippen LogP contribution is 2.29. The molecular formula is C22H22N4O4. The monoisotopic (exact) mass is 406 g/mol. The van der Waals surface area contributed by atoms with E-state index in [1.165, 1.54) is 4.90 Å². The first kappa shape index (κ1) is 19.5. The minimum absolute atomic E-state index is 0.0444. The minimum atomic E-state index is -0.819. The van der Waals surface area contributed by atoms with E-state index in [1.807, 2.05) is 42.5 Å². The number of carbonyl (C=O) groups excluding carboxylic acids is 2. The van der Waals surface area contributed by atoms with Crippen molar-refractivity contribution in [2.24, 2.45) is 7.05 Å². The van der Waals surface area contributed by atoms with Crippen LogP contribution in [0.2, 0.25) is 0 Å². The van der Waals surface area contributed by atoms with Crippen molar-refractivity contribution in [1.82, 2.24) is 15.1 Å². The normalized spacial score (nSPS) is 15.7. The van der Waals surface area contributed by atoms with Crippen molar-refractivity contribution in [3.05, 3.63) is 72.1 Å². The number of hydrogen-bond donors (Lipinski definition) is 1. The molecule has 2 aromatic carbocycles. The van der Waals surface area contributed by atoms with Crippen LogP contribution in [0, 0.1) is 0 Å². The van der Waals surface area contributed by atoms with Crippen molar-refractivity contribution in [1.29, 1.82) is 0 Å². The molecule has 1 atom stereocenters. The molecule has 0 spiro atoms. The second-order valence-corrected chi connectivity index (χ2v) is 6.95. The predicted octanol–water partition coefficient (Wildman–Crippen LogP) is 2.15. The Labute approximate surface area is 174 Å². The number of nitrogens with one attached hydrogen (secondary N) is 1. The number of fused-ring (bicyclic) bond motifs is 1. The highest BCUT2D eigenvalue weighted by Gasteiger charge is 2.31. The van der Waals surface area contributed by atoms with Gasteiger partial charge in [-0.25, -0.2) is 0 Å². The standard InChI is InChI=1S/C22H22N4O4/c1-25-19-10-6-7-11-20(19)30-14-18(22(25)28)23-21(27)17-12-15(26(2)24-17)13-29-16-8-4-3-5-9-16/h3-12,18H,13-14H2,1-2H3,(H,23,27)/t18-/m0/s1. The van der Waals surface area contributed by atoms with Crippen LogP contribution in [0.5, 0.6) is 11.5 Å². The highest BCUT2D eigenvalue weighted by molar-refractivity contribution is 6.02. The number of hydrogen-bond acceptors (Lipinski definition) is 5. The molecule has 0 bridgehead atoms. The minimum Gasteiger partial charge on any atom is -0.489 e. The van der Waals surface area contributed by atoms with E-state index >= 15 is 0 Å². The van der Waals surface area contributed by atoms with Crippen LogP contribution < -0.4 is 19.7 Å². The van der Waals surface area contributed by atoms with Crippen molar-refractivity contribution in [2.45, 2.75) is 12.6 Å². The summed E-state index contributed by atoms with van der Waals surface area (Å²) in [6.07, 6.45) is 0. The Morgan fingerprint density at radius 2 is 1.90 bits per heavy atom. The molecule has 1 N–H and O–H groups in total. The van der Waals surface area contributed by atoms with Gasteiger partial charge < -0.3 is 19.7 Å². The topological polar surface area (TPSA) is 85.7 Å². The molecule has 2 heterocycles. The average Bonchev–Trinajstić information content (AvgIpc) is 3.10. The van der Waals surface area contributed by atoms with Crippen LogP contribution in [0.3, 0.4) is 0 Å². The summed E-state index contributed by atoms with van der Waals surface area (Å²) in [6.45, 7) is 0.313. The molecule has 0 saturated heterocycles. The van der Waals surface area contributed by atoms with E-state index in [-0.39, 0.29) is 24.8 Å². The van der Waals surface area contributed by atoms with Crippen molar-refractivity contribution in [3.63, 3.8) is 0 Å². The fraction of sp³-hybridized carbons (Fsp3) is 0.227. The van der Waals surface area contributed by atoms with Gasteiger partial charge in [0.25, 0.3) is 11.8 Å². The van der Waals surface area contributed by atoms with Gasteiger partial charge in [-0.3, -0.25) is 14.3 Å². The Balaban J connectivity index is 1.43. The summed E-state index contributed by atoms with van der Waals surface area (Å²) < 4.78 is 13.0.